The van der Waals surface area contributed by atoms with Crippen LogP contribution in [0.1, 0.15) is 84.3 Å². The van der Waals surface area contributed by atoms with Crippen molar-refractivity contribution < 1.29 is 14.3 Å². The van der Waals surface area contributed by atoms with Crippen molar-refractivity contribution in [1.29, 1.82) is 0 Å². The van der Waals surface area contributed by atoms with Crippen molar-refractivity contribution in [1.82, 2.24) is 20.9 Å². The average molecular weight is 647 g/mol. The summed E-state index contributed by atoms with van der Waals surface area (Å²) in [5.41, 5.74) is 3.62. The molecule has 0 bridgehead atoms. The lowest BCUT2D eigenvalue weighted by atomic mass is 10.1. The van der Waals surface area contributed by atoms with Crippen LogP contribution in [0.5, 0.6) is 5.75 Å². The Bertz CT molecular complexity index is 992. The molecule has 0 aromatic heterocycles. The Labute approximate surface area is 280 Å². The van der Waals surface area contributed by atoms with E-state index in [1.54, 1.807) is 0 Å². The first-order chi connectivity index (χ1) is 21.6. The second-order valence-electron chi connectivity index (χ2n) is 10.8. The Morgan fingerprint density at radius 3 is 2.13 bits per heavy atom. The van der Waals surface area contributed by atoms with Gasteiger partial charge in [-0.05, 0) is 83.9 Å². The summed E-state index contributed by atoms with van der Waals surface area (Å²) in [6.45, 7) is 15.2. The first-order valence-corrected chi connectivity index (χ1v) is 16.9. The van der Waals surface area contributed by atoms with Crippen LogP contribution in [0.25, 0.3) is 0 Å². The van der Waals surface area contributed by atoms with Crippen LogP contribution in [0, 0.1) is 6.92 Å². The van der Waals surface area contributed by atoms with E-state index in [-0.39, 0.29) is 11.9 Å². The van der Waals surface area contributed by atoms with Crippen molar-refractivity contribution in [2.24, 2.45) is 0 Å². The SMILES string of the molecule is CC/C=C(/CC)NCC=O.CCC.CCCCOc1ccccc1CCCNC(=O)C(CN(C)C)NC.Cc1ccc(Cl)cc1. The number of allylic oxidation sites excluding steroid dienone is 2. The summed E-state index contributed by atoms with van der Waals surface area (Å²) < 4.78 is 5.85. The van der Waals surface area contributed by atoms with Crippen molar-refractivity contribution in [2.45, 2.75) is 92.5 Å². The number of nitrogens with one attached hydrogen (secondary N) is 3. The fourth-order valence-electron chi connectivity index (χ4n) is 3.76. The molecule has 256 valence electrons. The molecule has 45 heavy (non-hydrogen) atoms. The molecule has 0 saturated heterocycles. The molecule has 7 nitrogen and oxygen atoms in total. The lowest BCUT2D eigenvalue weighted by molar-refractivity contribution is -0.123. The van der Waals surface area contributed by atoms with E-state index in [0.717, 1.165) is 67.9 Å². The van der Waals surface area contributed by atoms with E-state index in [9.17, 15) is 9.59 Å². The van der Waals surface area contributed by atoms with Gasteiger partial charge in [-0.1, -0.05) is 101 Å². The van der Waals surface area contributed by atoms with Gasteiger partial charge in [0, 0.05) is 23.8 Å². The summed E-state index contributed by atoms with van der Waals surface area (Å²) in [5, 5.41) is 9.88. The highest BCUT2D eigenvalue weighted by Crippen LogP contribution is 2.19. The van der Waals surface area contributed by atoms with Gasteiger partial charge in [-0.2, -0.15) is 0 Å². The molecular weight excluding hydrogens is 584 g/mol. The number of para-hydroxylation sites is 1. The van der Waals surface area contributed by atoms with E-state index in [4.69, 9.17) is 16.3 Å². The summed E-state index contributed by atoms with van der Waals surface area (Å²) in [4.78, 5) is 24.1. The first kappa shape index (κ1) is 44.3. The minimum atomic E-state index is -0.176. The number of aryl methyl sites for hydroxylation is 2. The molecule has 8 heteroatoms. The summed E-state index contributed by atoms with van der Waals surface area (Å²) >= 11 is 5.61. The third-order valence-corrected chi connectivity index (χ3v) is 6.37. The third-order valence-electron chi connectivity index (χ3n) is 6.12. The number of hydrogen-bond acceptors (Lipinski definition) is 6. The molecule has 0 aliphatic carbocycles. The molecule has 0 heterocycles. The molecule has 0 aliphatic rings. The topological polar surface area (TPSA) is 82.7 Å². The van der Waals surface area contributed by atoms with Gasteiger partial charge in [0.05, 0.1) is 19.2 Å². The molecule has 2 aromatic rings. The molecule has 1 amide bonds. The predicted molar refractivity (Wildman–Crippen MR) is 194 cm³/mol. The number of carbonyl (C=O) groups excluding carboxylic acids is 2. The van der Waals surface area contributed by atoms with E-state index in [1.807, 2.05) is 75.4 Å². The van der Waals surface area contributed by atoms with Crippen LogP contribution in [-0.4, -0.2) is 70.5 Å². The Morgan fingerprint density at radius 2 is 1.62 bits per heavy atom. The third kappa shape index (κ3) is 26.1. The monoisotopic (exact) mass is 646 g/mol. The number of ether oxygens (including phenoxy) is 1. The van der Waals surface area contributed by atoms with Gasteiger partial charge in [0.25, 0.3) is 0 Å². The zero-order valence-corrected chi connectivity index (χ0v) is 30.4. The maximum absolute atomic E-state index is 12.1. The number of carbonyl (C=O) groups is 2. The van der Waals surface area contributed by atoms with E-state index in [2.05, 4.69) is 62.7 Å². The lowest BCUT2D eigenvalue weighted by Crippen LogP contribution is -2.48. The quantitative estimate of drug-likeness (QED) is 0.121. The molecule has 3 N–H and O–H groups in total. The van der Waals surface area contributed by atoms with Crippen molar-refractivity contribution in [3.05, 3.63) is 76.5 Å². The number of benzene rings is 2. The number of rotatable bonds is 17. The average Bonchev–Trinajstić information content (AvgIpc) is 3.03. The van der Waals surface area contributed by atoms with Crippen LogP contribution in [0.3, 0.4) is 0 Å². The number of hydrogen-bond donors (Lipinski definition) is 3. The molecule has 2 aromatic carbocycles. The number of likely N-dealkylation sites (N-methyl/N-ethyl adjacent to an activating group) is 2. The first-order valence-electron chi connectivity index (χ1n) is 16.5. The molecule has 0 fully saturated rings. The van der Waals surface area contributed by atoms with Gasteiger partial charge in [-0.25, -0.2) is 0 Å². The van der Waals surface area contributed by atoms with Gasteiger partial charge in [0.1, 0.15) is 12.0 Å². The molecule has 1 atom stereocenters. The molecule has 0 radical (unpaired) electrons. The van der Waals surface area contributed by atoms with Crippen LogP contribution in [0.4, 0.5) is 0 Å². The second-order valence-corrected chi connectivity index (χ2v) is 11.3. The van der Waals surface area contributed by atoms with E-state index >= 15 is 0 Å². The van der Waals surface area contributed by atoms with Gasteiger partial charge in [0.2, 0.25) is 5.91 Å². The van der Waals surface area contributed by atoms with Gasteiger partial charge in [-0.15, -0.1) is 0 Å². The lowest BCUT2D eigenvalue weighted by Gasteiger charge is -2.20. The summed E-state index contributed by atoms with van der Waals surface area (Å²) in [5.74, 6) is 1.02. The highest BCUT2D eigenvalue weighted by atomic mass is 35.5. The molecule has 0 spiro atoms. The zero-order chi connectivity index (χ0) is 34.3. The predicted octanol–water partition coefficient (Wildman–Crippen LogP) is 7.61. The highest BCUT2D eigenvalue weighted by Gasteiger charge is 2.16. The van der Waals surface area contributed by atoms with Crippen LogP contribution >= 0.6 is 11.6 Å². The van der Waals surface area contributed by atoms with Crippen molar-refractivity contribution in [3.8, 4) is 5.75 Å². The molecule has 2 rings (SSSR count). The van der Waals surface area contributed by atoms with Crippen molar-refractivity contribution in [3.63, 3.8) is 0 Å². The summed E-state index contributed by atoms with van der Waals surface area (Å²) in [6, 6.07) is 15.7. The van der Waals surface area contributed by atoms with Crippen LogP contribution < -0.4 is 20.7 Å². The maximum Gasteiger partial charge on any atom is 0.238 e. The van der Waals surface area contributed by atoms with E-state index in [0.29, 0.717) is 19.6 Å². The largest absolute Gasteiger partial charge is 0.493 e. The van der Waals surface area contributed by atoms with E-state index in [1.165, 1.54) is 17.5 Å². The zero-order valence-electron chi connectivity index (χ0n) is 29.7. The van der Waals surface area contributed by atoms with Gasteiger partial charge >= 0.3 is 0 Å². The van der Waals surface area contributed by atoms with Crippen LogP contribution in [0.15, 0.2) is 60.3 Å². The highest BCUT2D eigenvalue weighted by molar-refractivity contribution is 6.30. The molecule has 0 aliphatic heterocycles. The van der Waals surface area contributed by atoms with Gasteiger partial charge in [-0.3, -0.25) is 4.79 Å². The smallest absolute Gasteiger partial charge is 0.238 e. The number of amides is 1. The van der Waals surface area contributed by atoms with Crippen molar-refractivity contribution in [2.75, 3.05) is 47.4 Å². The Hall–Kier alpha value is -2.87. The van der Waals surface area contributed by atoms with Crippen LogP contribution in [0.2, 0.25) is 5.02 Å². The fraction of sp³-hybridized carbons (Fsp3) is 0.568. The molecule has 0 saturated carbocycles. The Morgan fingerprint density at radius 1 is 0.978 bits per heavy atom. The standard InChI is InChI=1S/C19H33N3O2.C8H15NO.C7H7Cl.C3H8/c1-5-6-14-24-18-12-8-7-10-16(18)11-9-13-21-19(23)17(20-2)15-22(3)4;1-3-5-8(4-2)9-6-7-10;1-6-2-4-7(8)5-3-6;1-3-2/h7-8,10,12,17,20H,5-6,9,11,13-15H2,1-4H3,(H,21,23);5,7,9H,3-4,6H2,1-2H3;2-5H,1H3;3H2,1-2H3/b;8-5-;;. The number of nitrogens with zero attached hydrogens (tertiary/aromatic N) is 1. The number of halogens is 1. The minimum Gasteiger partial charge on any atom is -0.493 e. The normalized spacial score (nSPS) is 11.0. The van der Waals surface area contributed by atoms with Crippen molar-refractivity contribution >= 4 is 23.8 Å². The van der Waals surface area contributed by atoms with Gasteiger partial charge < -0.3 is 30.4 Å². The van der Waals surface area contributed by atoms with Gasteiger partial charge in [0.15, 0.2) is 0 Å². The maximum atomic E-state index is 12.1. The molecule has 1 unspecified atom stereocenters. The summed E-state index contributed by atoms with van der Waals surface area (Å²) in [6.07, 6.45) is 10.2. The fourth-order valence-corrected chi connectivity index (χ4v) is 3.88. The Kier molecular flexibility index (Phi) is 30.6. The van der Waals surface area contributed by atoms with Crippen LogP contribution in [-0.2, 0) is 16.0 Å². The number of unbranched alkanes of at least 4 members (excludes halogenated alkanes) is 1. The van der Waals surface area contributed by atoms with E-state index < -0.39 is 0 Å². The second kappa shape index (κ2) is 31.1. The number of aldehydes is 1. The minimum absolute atomic E-state index is 0.0543. The molecular formula is C37H63ClN4O3. The Balaban J connectivity index is 0. The summed E-state index contributed by atoms with van der Waals surface area (Å²) in [7, 11) is 5.75.